The van der Waals surface area contributed by atoms with Crippen LogP contribution in [0.2, 0.25) is 0 Å². The van der Waals surface area contributed by atoms with Gasteiger partial charge in [0.05, 0.1) is 6.54 Å². The third-order valence-corrected chi connectivity index (χ3v) is 4.41. The molecule has 1 atom stereocenters. The Morgan fingerprint density at radius 3 is 2.93 bits per heavy atom. The predicted molar refractivity (Wildman–Crippen MR) is 102 cm³/mol. The smallest absolute Gasteiger partial charge is 0.415 e. The summed E-state index contributed by atoms with van der Waals surface area (Å²) in [7, 11) is 0. The van der Waals surface area contributed by atoms with E-state index in [1.54, 1.807) is 12.3 Å². The monoisotopic (exact) mass is 380 g/mol. The Balaban J connectivity index is 1.53. The number of aromatic nitrogens is 4. The summed E-state index contributed by atoms with van der Waals surface area (Å²) in [4.78, 5) is 26.4. The highest BCUT2D eigenvalue weighted by Gasteiger charge is 2.25. The van der Waals surface area contributed by atoms with Crippen molar-refractivity contribution in [2.24, 2.45) is 0 Å². The minimum atomic E-state index is -0.406. The number of anilines is 2. The Hall–Kier alpha value is -3.49. The van der Waals surface area contributed by atoms with Crippen LogP contribution in [0.4, 0.5) is 16.6 Å². The topological polar surface area (TPSA) is 106 Å². The molecule has 1 aromatic carbocycles. The summed E-state index contributed by atoms with van der Waals surface area (Å²) < 4.78 is 10.4. The maximum atomic E-state index is 11.7. The molecule has 1 saturated heterocycles. The van der Waals surface area contributed by atoms with Crippen LogP contribution in [0.15, 0.2) is 41.1 Å². The number of hydrogen-bond acceptors (Lipinski definition) is 8. The molecule has 1 unspecified atom stereocenters. The van der Waals surface area contributed by atoms with Gasteiger partial charge in [0.15, 0.2) is 0 Å². The van der Waals surface area contributed by atoms with Crippen LogP contribution in [-0.2, 0) is 4.74 Å². The van der Waals surface area contributed by atoms with E-state index in [2.05, 4.69) is 25.4 Å². The number of aryl methyl sites for hydroxylation is 1. The van der Waals surface area contributed by atoms with E-state index in [4.69, 9.17) is 9.26 Å². The Morgan fingerprint density at radius 1 is 1.29 bits per heavy atom. The lowest BCUT2D eigenvalue weighted by molar-refractivity contribution is 0.181. The first-order chi connectivity index (χ1) is 13.6. The molecule has 4 rings (SSSR count). The fourth-order valence-corrected chi connectivity index (χ4v) is 2.94. The van der Waals surface area contributed by atoms with Crippen molar-refractivity contribution in [3.8, 4) is 11.4 Å². The average Bonchev–Trinajstić information content (AvgIpc) is 3.36. The maximum Gasteiger partial charge on any atom is 0.415 e. The predicted octanol–water partition coefficient (Wildman–Crippen LogP) is 3.35. The number of nitrogens with one attached hydrogen (secondary N) is 1. The molecule has 0 radical (unpaired) electrons. The number of amides is 1. The summed E-state index contributed by atoms with van der Waals surface area (Å²) in [5.41, 5.74) is 2.02. The van der Waals surface area contributed by atoms with Crippen molar-refractivity contribution in [1.29, 1.82) is 0 Å². The molecule has 3 aromatic rings. The minimum Gasteiger partial charge on any atom is -0.447 e. The fraction of sp³-hybridized carbons (Fsp3) is 0.316. The van der Waals surface area contributed by atoms with Crippen molar-refractivity contribution in [2.75, 3.05) is 23.4 Å². The molecule has 0 bridgehead atoms. The van der Waals surface area contributed by atoms with Gasteiger partial charge in [-0.15, -0.1) is 0 Å². The second-order valence-corrected chi connectivity index (χ2v) is 6.44. The fourth-order valence-electron chi connectivity index (χ4n) is 2.94. The SMILES string of the molecule is CCC(Nc1nccc(N2CCOC2=O)n1)c1nc(-c2cccc(C)c2)no1. The molecule has 1 aliphatic rings. The van der Waals surface area contributed by atoms with Crippen LogP contribution >= 0.6 is 0 Å². The lowest BCUT2D eigenvalue weighted by Gasteiger charge is -2.15. The zero-order valence-electron chi connectivity index (χ0n) is 15.6. The van der Waals surface area contributed by atoms with Crippen LogP contribution in [0.3, 0.4) is 0 Å². The Bertz CT molecular complexity index is 989. The molecule has 1 fully saturated rings. The number of hydrogen-bond donors (Lipinski definition) is 1. The number of carbonyl (C=O) groups is 1. The van der Waals surface area contributed by atoms with Crippen molar-refractivity contribution >= 4 is 17.9 Å². The van der Waals surface area contributed by atoms with Gasteiger partial charge < -0.3 is 14.6 Å². The summed E-state index contributed by atoms with van der Waals surface area (Å²) in [5, 5.41) is 7.29. The van der Waals surface area contributed by atoms with Gasteiger partial charge in [0.1, 0.15) is 18.5 Å². The molecule has 9 nitrogen and oxygen atoms in total. The van der Waals surface area contributed by atoms with Crippen LogP contribution in [-0.4, -0.2) is 39.4 Å². The van der Waals surface area contributed by atoms with Crippen molar-refractivity contribution < 1.29 is 14.1 Å². The first kappa shape index (κ1) is 17.9. The molecule has 144 valence electrons. The normalized spacial score (nSPS) is 14.8. The third-order valence-electron chi connectivity index (χ3n) is 4.41. The van der Waals surface area contributed by atoms with Gasteiger partial charge in [0.2, 0.25) is 17.7 Å². The summed E-state index contributed by atoms with van der Waals surface area (Å²) >= 11 is 0. The van der Waals surface area contributed by atoms with E-state index in [0.29, 0.717) is 43.1 Å². The van der Waals surface area contributed by atoms with Crippen molar-refractivity contribution in [1.82, 2.24) is 20.1 Å². The maximum absolute atomic E-state index is 11.7. The first-order valence-corrected chi connectivity index (χ1v) is 9.08. The van der Waals surface area contributed by atoms with E-state index in [9.17, 15) is 4.79 Å². The highest BCUT2D eigenvalue weighted by Crippen LogP contribution is 2.24. The summed E-state index contributed by atoms with van der Waals surface area (Å²) in [6.07, 6.45) is 1.88. The molecular formula is C19H20N6O3. The number of ether oxygens (including phenoxy) is 1. The van der Waals surface area contributed by atoms with Gasteiger partial charge in [-0.05, 0) is 25.5 Å². The van der Waals surface area contributed by atoms with Crippen LogP contribution in [0.25, 0.3) is 11.4 Å². The quantitative estimate of drug-likeness (QED) is 0.694. The van der Waals surface area contributed by atoms with Crippen LogP contribution in [0.5, 0.6) is 0 Å². The van der Waals surface area contributed by atoms with Gasteiger partial charge in [0, 0.05) is 11.8 Å². The molecule has 28 heavy (non-hydrogen) atoms. The lowest BCUT2D eigenvalue weighted by Crippen LogP contribution is -2.25. The van der Waals surface area contributed by atoms with Gasteiger partial charge in [-0.3, -0.25) is 4.90 Å². The molecular weight excluding hydrogens is 360 g/mol. The first-order valence-electron chi connectivity index (χ1n) is 9.08. The molecule has 1 aliphatic heterocycles. The van der Waals surface area contributed by atoms with E-state index >= 15 is 0 Å². The van der Waals surface area contributed by atoms with E-state index in [1.165, 1.54) is 4.90 Å². The molecule has 1 amide bonds. The molecule has 0 spiro atoms. The minimum absolute atomic E-state index is 0.258. The summed E-state index contributed by atoms with van der Waals surface area (Å²) in [5.74, 6) is 1.85. The van der Waals surface area contributed by atoms with E-state index < -0.39 is 6.09 Å². The average molecular weight is 380 g/mol. The Labute approximate surface area is 161 Å². The molecule has 3 heterocycles. The number of cyclic esters (lactones) is 1. The van der Waals surface area contributed by atoms with E-state index in [1.807, 2.05) is 38.1 Å². The highest BCUT2D eigenvalue weighted by molar-refractivity contribution is 5.88. The Kier molecular flexibility index (Phi) is 4.88. The number of benzene rings is 1. The van der Waals surface area contributed by atoms with E-state index in [0.717, 1.165) is 11.1 Å². The van der Waals surface area contributed by atoms with Crippen molar-refractivity contribution in [3.05, 3.63) is 48.0 Å². The highest BCUT2D eigenvalue weighted by atomic mass is 16.6. The van der Waals surface area contributed by atoms with Gasteiger partial charge in [-0.2, -0.15) is 9.97 Å². The number of rotatable bonds is 6. The molecule has 2 aromatic heterocycles. The number of nitrogens with zero attached hydrogens (tertiary/aromatic N) is 5. The van der Waals surface area contributed by atoms with Crippen LogP contribution in [0, 0.1) is 6.92 Å². The van der Waals surface area contributed by atoms with Gasteiger partial charge in [0.25, 0.3) is 0 Å². The Morgan fingerprint density at radius 2 is 2.18 bits per heavy atom. The van der Waals surface area contributed by atoms with Crippen molar-refractivity contribution in [2.45, 2.75) is 26.3 Å². The van der Waals surface area contributed by atoms with Gasteiger partial charge in [-0.1, -0.05) is 35.8 Å². The number of carbonyl (C=O) groups excluding carboxylic acids is 1. The standard InChI is InChI=1S/C19H20N6O3/c1-3-14(17-23-16(24-28-17)13-6-4-5-12(2)11-13)21-18-20-8-7-15(22-18)25-9-10-27-19(25)26/h4-8,11,14H,3,9-10H2,1-2H3,(H,20,21,22). The van der Waals surface area contributed by atoms with E-state index in [-0.39, 0.29) is 6.04 Å². The second-order valence-electron chi connectivity index (χ2n) is 6.44. The molecule has 1 N–H and O–H groups in total. The molecule has 0 aliphatic carbocycles. The largest absolute Gasteiger partial charge is 0.447 e. The summed E-state index contributed by atoms with van der Waals surface area (Å²) in [6.45, 7) is 4.83. The zero-order chi connectivity index (χ0) is 19.5. The van der Waals surface area contributed by atoms with Gasteiger partial charge >= 0.3 is 6.09 Å². The second kappa shape index (κ2) is 7.63. The zero-order valence-corrected chi connectivity index (χ0v) is 15.6. The van der Waals surface area contributed by atoms with Gasteiger partial charge in [-0.25, -0.2) is 9.78 Å². The molecule has 9 heteroatoms. The lowest BCUT2D eigenvalue weighted by atomic mass is 10.1. The third kappa shape index (κ3) is 3.64. The van der Waals surface area contributed by atoms with Crippen LogP contribution < -0.4 is 10.2 Å². The molecule has 0 saturated carbocycles. The van der Waals surface area contributed by atoms with Crippen molar-refractivity contribution in [3.63, 3.8) is 0 Å². The van der Waals surface area contributed by atoms with Crippen LogP contribution in [0.1, 0.15) is 30.8 Å². The summed E-state index contributed by atoms with van der Waals surface area (Å²) in [6, 6.07) is 9.33.